The molecule has 36 heavy (non-hydrogen) atoms. The number of esters is 1. The molecule has 2 N–H and O–H groups in total. The maximum absolute atomic E-state index is 14.7. The van der Waals surface area contributed by atoms with Gasteiger partial charge in [-0.2, -0.15) is 4.98 Å². The largest absolute Gasteiger partial charge is 0.512 e. The van der Waals surface area contributed by atoms with Gasteiger partial charge in [0.25, 0.3) is 5.78 Å². The number of rotatable bonds is 7. The van der Waals surface area contributed by atoms with Crippen LogP contribution in [0.25, 0.3) is 5.78 Å². The second-order valence-electron chi connectivity index (χ2n) is 10.5. The normalized spacial score (nSPS) is 21.4. The fraction of sp³-hybridized carbons (Fsp3) is 0.481. The average Bonchev–Trinajstić information content (AvgIpc) is 3.49. The van der Waals surface area contributed by atoms with Gasteiger partial charge in [-0.3, -0.25) is 0 Å². The molecule has 190 valence electrons. The number of cyclic esters (lactones) is 1. The van der Waals surface area contributed by atoms with Crippen molar-refractivity contribution in [3.8, 4) is 0 Å². The van der Waals surface area contributed by atoms with Crippen LogP contribution in [0, 0.1) is 11.7 Å². The number of hydrogen-bond donors (Lipinski definition) is 2. The maximum Gasteiger partial charge on any atom is 0.338 e. The van der Waals surface area contributed by atoms with Crippen LogP contribution in [0.15, 0.2) is 48.0 Å². The van der Waals surface area contributed by atoms with E-state index < -0.39 is 23.0 Å². The lowest BCUT2D eigenvalue weighted by molar-refractivity contribution is -0.167. The van der Waals surface area contributed by atoms with E-state index in [1.165, 1.54) is 10.6 Å². The molecule has 0 amide bonds. The molecule has 3 heterocycles. The van der Waals surface area contributed by atoms with Crippen LogP contribution in [0.5, 0.6) is 0 Å². The quantitative estimate of drug-likeness (QED) is 0.470. The fourth-order valence-electron chi connectivity index (χ4n) is 5.56. The summed E-state index contributed by atoms with van der Waals surface area (Å²) in [4.78, 5) is 21.7. The van der Waals surface area contributed by atoms with Crippen LogP contribution in [0.3, 0.4) is 0 Å². The molecule has 5 rings (SSSR count). The third-order valence-corrected chi connectivity index (χ3v) is 7.48. The Morgan fingerprint density at radius 2 is 2.06 bits per heavy atom. The van der Waals surface area contributed by atoms with Gasteiger partial charge in [0.1, 0.15) is 17.2 Å². The van der Waals surface area contributed by atoms with Crippen molar-refractivity contribution in [1.82, 2.24) is 19.6 Å². The van der Waals surface area contributed by atoms with Crippen molar-refractivity contribution < 1.29 is 24.1 Å². The van der Waals surface area contributed by atoms with Crippen molar-refractivity contribution in [2.75, 3.05) is 0 Å². The number of aryl methyl sites for hydroxylation is 1. The summed E-state index contributed by atoms with van der Waals surface area (Å²) >= 11 is 0. The summed E-state index contributed by atoms with van der Waals surface area (Å²) in [6, 6.07) is 6.57. The second kappa shape index (κ2) is 9.28. The summed E-state index contributed by atoms with van der Waals surface area (Å²) in [6.45, 7) is 3.10. The van der Waals surface area contributed by atoms with Gasteiger partial charge in [-0.25, -0.2) is 18.7 Å². The van der Waals surface area contributed by atoms with E-state index in [9.17, 15) is 19.4 Å². The molecule has 1 unspecified atom stereocenters. The van der Waals surface area contributed by atoms with Gasteiger partial charge in [-0.05, 0) is 63.1 Å². The van der Waals surface area contributed by atoms with E-state index in [-0.39, 0.29) is 35.7 Å². The summed E-state index contributed by atoms with van der Waals surface area (Å²) in [5.41, 5.74) is -0.960. The Morgan fingerprint density at radius 1 is 1.28 bits per heavy atom. The van der Waals surface area contributed by atoms with Gasteiger partial charge in [0.15, 0.2) is 5.82 Å². The zero-order chi connectivity index (χ0) is 25.5. The van der Waals surface area contributed by atoms with E-state index >= 15 is 0 Å². The Labute approximate surface area is 208 Å². The van der Waals surface area contributed by atoms with Gasteiger partial charge >= 0.3 is 5.97 Å². The number of aliphatic hydroxyl groups excluding tert-OH is 1. The van der Waals surface area contributed by atoms with Crippen LogP contribution >= 0.6 is 0 Å². The molecule has 1 aromatic carbocycles. The highest BCUT2D eigenvalue weighted by molar-refractivity contribution is 5.90. The molecule has 0 radical (unpaired) electrons. The SMILES string of the molecule is CC(C)(O)c1ccc(CCC2(C3CCCC3)CC(O)=C(Cc3nc4ncccn4n3)C(=O)O2)cc1F. The van der Waals surface area contributed by atoms with Gasteiger partial charge in [0.05, 0.1) is 11.2 Å². The van der Waals surface area contributed by atoms with Crippen LogP contribution in [0.4, 0.5) is 4.39 Å². The first-order chi connectivity index (χ1) is 17.1. The maximum atomic E-state index is 14.7. The van der Waals surface area contributed by atoms with Gasteiger partial charge in [0, 0.05) is 30.8 Å². The monoisotopic (exact) mass is 494 g/mol. The number of fused-ring (bicyclic) bond motifs is 1. The van der Waals surface area contributed by atoms with Gasteiger partial charge in [-0.1, -0.05) is 25.0 Å². The molecular weight excluding hydrogens is 463 g/mol. The van der Waals surface area contributed by atoms with Crippen LogP contribution in [0.1, 0.15) is 69.3 Å². The number of hydrogen-bond acceptors (Lipinski definition) is 7. The van der Waals surface area contributed by atoms with E-state index in [1.807, 2.05) is 0 Å². The molecule has 2 aromatic heterocycles. The third kappa shape index (κ3) is 4.72. The van der Waals surface area contributed by atoms with E-state index in [0.717, 1.165) is 31.2 Å². The Kier molecular flexibility index (Phi) is 6.28. The number of carbonyl (C=O) groups excluding carboxylic acids is 1. The molecule has 1 atom stereocenters. The molecule has 2 aliphatic rings. The molecule has 1 aliphatic carbocycles. The van der Waals surface area contributed by atoms with Crippen molar-refractivity contribution in [2.45, 2.75) is 76.4 Å². The zero-order valence-corrected chi connectivity index (χ0v) is 20.6. The smallest absolute Gasteiger partial charge is 0.338 e. The molecule has 1 saturated carbocycles. The molecule has 0 saturated heterocycles. The molecular formula is C27H31FN4O4. The van der Waals surface area contributed by atoms with E-state index in [1.54, 1.807) is 44.4 Å². The number of aliphatic hydroxyl groups is 2. The number of carbonyl (C=O) groups is 1. The summed E-state index contributed by atoms with van der Waals surface area (Å²) in [5, 5.41) is 25.6. The minimum atomic E-state index is -1.27. The lowest BCUT2D eigenvalue weighted by Crippen LogP contribution is -2.46. The highest BCUT2D eigenvalue weighted by atomic mass is 19.1. The van der Waals surface area contributed by atoms with E-state index in [4.69, 9.17) is 4.74 Å². The Morgan fingerprint density at radius 3 is 2.72 bits per heavy atom. The number of benzene rings is 1. The Bertz CT molecular complexity index is 1290. The van der Waals surface area contributed by atoms with Crippen molar-refractivity contribution in [2.24, 2.45) is 5.92 Å². The van der Waals surface area contributed by atoms with Crippen molar-refractivity contribution in [3.05, 3.63) is 70.8 Å². The minimum Gasteiger partial charge on any atom is -0.512 e. The van der Waals surface area contributed by atoms with Gasteiger partial charge in [0.2, 0.25) is 0 Å². The molecule has 3 aromatic rings. The zero-order valence-electron chi connectivity index (χ0n) is 20.6. The second-order valence-corrected chi connectivity index (χ2v) is 10.5. The van der Waals surface area contributed by atoms with Gasteiger partial charge < -0.3 is 14.9 Å². The number of halogens is 1. The average molecular weight is 495 g/mol. The lowest BCUT2D eigenvalue weighted by atomic mass is 9.76. The fourth-order valence-corrected chi connectivity index (χ4v) is 5.56. The third-order valence-electron chi connectivity index (χ3n) is 7.48. The van der Waals surface area contributed by atoms with Crippen LogP contribution in [-0.4, -0.2) is 41.4 Å². The number of aromatic nitrogens is 4. The highest BCUT2D eigenvalue weighted by Crippen LogP contribution is 2.46. The molecule has 1 fully saturated rings. The van der Waals surface area contributed by atoms with Crippen molar-refractivity contribution >= 4 is 11.7 Å². The number of nitrogens with zero attached hydrogens (tertiary/aromatic N) is 4. The van der Waals surface area contributed by atoms with E-state index in [0.29, 0.717) is 24.4 Å². The Balaban J connectivity index is 1.38. The highest BCUT2D eigenvalue weighted by Gasteiger charge is 2.48. The first-order valence-corrected chi connectivity index (χ1v) is 12.5. The van der Waals surface area contributed by atoms with Crippen molar-refractivity contribution in [3.63, 3.8) is 0 Å². The van der Waals surface area contributed by atoms with Crippen LogP contribution < -0.4 is 0 Å². The number of ether oxygens (including phenoxy) is 1. The van der Waals surface area contributed by atoms with Crippen molar-refractivity contribution in [1.29, 1.82) is 0 Å². The molecule has 0 bridgehead atoms. The standard InChI is InChI=1S/C27H31FN4O4/c1-26(2,35)20-9-8-17(14-21(20)28)10-11-27(18-6-3-4-7-18)16-22(33)19(24(34)36-27)15-23-30-25-29-12-5-13-32(25)31-23/h5,8-9,12-14,18,33,35H,3-4,6-7,10-11,15-16H2,1-2H3. The molecule has 0 spiro atoms. The van der Waals surface area contributed by atoms with Crippen LogP contribution in [-0.2, 0) is 28.0 Å². The summed E-state index contributed by atoms with van der Waals surface area (Å²) in [5.74, 6) is -0.0874. The summed E-state index contributed by atoms with van der Waals surface area (Å²) in [6.07, 6.45) is 8.49. The molecule has 1 aliphatic heterocycles. The first kappa shape index (κ1) is 24.4. The van der Waals surface area contributed by atoms with Gasteiger partial charge in [-0.15, -0.1) is 5.10 Å². The Hall–Kier alpha value is -3.33. The summed E-state index contributed by atoms with van der Waals surface area (Å²) < 4.78 is 22.3. The predicted molar refractivity (Wildman–Crippen MR) is 130 cm³/mol. The minimum absolute atomic E-state index is 0.00789. The molecule has 9 heteroatoms. The van der Waals surface area contributed by atoms with E-state index in [2.05, 4.69) is 15.1 Å². The lowest BCUT2D eigenvalue weighted by Gasteiger charge is -2.41. The summed E-state index contributed by atoms with van der Waals surface area (Å²) in [7, 11) is 0. The topological polar surface area (TPSA) is 110 Å². The predicted octanol–water partition coefficient (Wildman–Crippen LogP) is 4.35. The van der Waals surface area contributed by atoms with Crippen LogP contribution in [0.2, 0.25) is 0 Å². The molecule has 8 nitrogen and oxygen atoms in total. The first-order valence-electron chi connectivity index (χ1n) is 12.5.